The van der Waals surface area contributed by atoms with E-state index in [9.17, 15) is 0 Å². The summed E-state index contributed by atoms with van der Waals surface area (Å²) in [5, 5.41) is 9.35. The number of hydrogen-bond acceptors (Lipinski definition) is 3. The van der Waals surface area contributed by atoms with E-state index in [0.717, 1.165) is 23.8 Å². The zero-order valence-corrected chi connectivity index (χ0v) is 12.0. The van der Waals surface area contributed by atoms with Crippen molar-refractivity contribution < 1.29 is 0 Å². The fourth-order valence-electron chi connectivity index (χ4n) is 2.42. The molecule has 2 rings (SSSR count). The Labute approximate surface area is 112 Å². The number of nitrogens with one attached hydrogen (secondary N) is 1. The highest BCUT2D eigenvalue weighted by atomic mass is 35.5. The number of hydrogen-bond donors (Lipinski definition) is 1. The van der Waals surface area contributed by atoms with E-state index in [1.807, 2.05) is 4.68 Å². The topological polar surface area (TPSA) is 29.9 Å². The van der Waals surface area contributed by atoms with Crippen molar-refractivity contribution in [2.24, 2.45) is 0 Å². The van der Waals surface area contributed by atoms with E-state index in [0.29, 0.717) is 11.3 Å². The molecule has 1 aliphatic heterocycles. The molecule has 0 amide bonds. The number of nitrogens with zero attached hydrogens (tertiary/aromatic N) is 2. The normalized spacial score (nSPS) is 21.9. The molecule has 1 aromatic rings. The highest BCUT2D eigenvalue weighted by molar-refractivity contribution is 8.00. The summed E-state index contributed by atoms with van der Waals surface area (Å²) in [6.07, 6.45) is 4.35. The smallest absolute Gasteiger partial charge is 0.0834 e. The van der Waals surface area contributed by atoms with Crippen LogP contribution in [0.4, 0.5) is 0 Å². The van der Waals surface area contributed by atoms with Crippen molar-refractivity contribution in [1.29, 1.82) is 0 Å². The molecule has 1 fully saturated rings. The fourth-order valence-corrected chi connectivity index (χ4v) is 4.07. The molecule has 5 heteroatoms. The largest absolute Gasteiger partial charge is 0.308 e. The molecule has 1 aromatic heterocycles. The maximum atomic E-state index is 6.30. The molecule has 1 saturated heterocycles. The van der Waals surface area contributed by atoms with Crippen LogP contribution >= 0.6 is 23.4 Å². The highest BCUT2D eigenvalue weighted by Gasteiger charge is 2.30. The SMILES string of the molecule is CCNC(c1c(Cl)cnn1CC)C1CCCS1. The second-order valence-corrected chi connectivity index (χ2v) is 6.03. The van der Waals surface area contributed by atoms with Crippen LogP contribution in [-0.4, -0.2) is 27.3 Å². The summed E-state index contributed by atoms with van der Waals surface area (Å²) in [5.74, 6) is 1.27. The lowest BCUT2D eigenvalue weighted by Crippen LogP contribution is -2.31. The summed E-state index contributed by atoms with van der Waals surface area (Å²) in [6, 6.07) is 0.336. The van der Waals surface area contributed by atoms with Crippen molar-refractivity contribution in [3.8, 4) is 0 Å². The minimum absolute atomic E-state index is 0.336. The number of aryl methyl sites for hydroxylation is 1. The Morgan fingerprint density at radius 1 is 1.65 bits per heavy atom. The van der Waals surface area contributed by atoms with Gasteiger partial charge in [0.05, 0.1) is 23.0 Å². The van der Waals surface area contributed by atoms with Crippen LogP contribution in [0.1, 0.15) is 38.4 Å². The first kappa shape index (κ1) is 13.2. The summed E-state index contributed by atoms with van der Waals surface area (Å²) >= 11 is 8.35. The van der Waals surface area contributed by atoms with Gasteiger partial charge >= 0.3 is 0 Å². The average molecular weight is 274 g/mol. The molecule has 1 N–H and O–H groups in total. The van der Waals surface area contributed by atoms with Crippen LogP contribution in [-0.2, 0) is 6.54 Å². The quantitative estimate of drug-likeness (QED) is 0.894. The van der Waals surface area contributed by atoms with Crippen LogP contribution < -0.4 is 5.32 Å². The minimum atomic E-state index is 0.336. The van der Waals surface area contributed by atoms with E-state index in [4.69, 9.17) is 11.6 Å². The zero-order valence-electron chi connectivity index (χ0n) is 10.4. The molecule has 0 aliphatic carbocycles. The molecule has 0 saturated carbocycles. The predicted molar refractivity (Wildman–Crippen MR) is 74.8 cm³/mol. The van der Waals surface area contributed by atoms with E-state index in [2.05, 4.69) is 36.0 Å². The number of thioether (sulfide) groups is 1. The Hall–Kier alpha value is -0.190. The first-order valence-corrected chi connectivity index (χ1v) is 7.76. The maximum absolute atomic E-state index is 6.30. The standard InChI is InChI=1S/C12H20ClN3S/c1-3-14-11(10-6-5-7-17-10)12-9(13)8-15-16(12)4-2/h8,10-11,14H,3-7H2,1-2H3. The van der Waals surface area contributed by atoms with Gasteiger partial charge in [-0.15, -0.1) is 0 Å². The molecular weight excluding hydrogens is 254 g/mol. The first-order chi connectivity index (χ1) is 8.27. The minimum Gasteiger partial charge on any atom is -0.308 e. The second kappa shape index (κ2) is 6.12. The van der Waals surface area contributed by atoms with Crippen molar-refractivity contribution in [3.63, 3.8) is 0 Å². The Morgan fingerprint density at radius 2 is 2.47 bits per heavy atom. The number of halogens is 1. The molecule has 0 bridgehead atoms. The van der Waals surface area contributed by atoms with Gasteiger partial charge in [-0.25, -0.2) is 0 Å². The van der Waals surface area contributed by atoms with Gasteiger partial charge in [0.25, 0.3) is 0 Å². The van der Waals surface area contributed by atoms with Gasteiger partial charge in [-0.05, 0) is 32.1 Å². The van der Waals surface area contributed by atoms with Gasteiger partial charge < -0.3 is 5.32 Å². The summed E-state index contributed by atoms with van der Waals surface area (Å²) in [7, 11) is 0. The van der Waals surface area contributed by atoms with Crippen LogP contribution in [0.25, 0.3) is 0 Å². The Balaban J connectivity index is 2.27. The van der Waals surface area contributed by atoms with Gasteiger partial charge in [0, 0.05) is 11.8 Å². The van der Waals surface area contributed by atoms with Crippen molar-refractivity contribution >= 4 is 23.4 Å². The molecule has 1 aliphatic rings. The van der Waals surface area contributed by atoms with Gasteiger partial charge in [-0.1, -0.05) is 18.5 Å². The molecule has 17 heavy (non-hydrogen) atoms. The molecule has 0 spiro atoms. The van der Waals surface area contributed by atoms with Crippen molar-refractivity contribution in [3.05, 3.63) is 16.9 Å². The first-order valence-electron chi connectivity index (χ1n) is 6.34. The lowest BCUT2D eigenvalue weighted by Gasteiger charge is -2.25. The summed E-state index contributed by atoms with van der Waals surface area (Å²) < 4.78 is 2.02. The molecule has 0 radical (unpaired) electrons. The Kier molecular flexibility index (Phi) is 4.77. The molecule has 2 heterocycles. The highest BCUT2D eigenvalue weighted by Crippen LogP contribution is 2.38. The zero-order chi connectivity index (χ0) is 12.3. The van der Waals surface area contributed by atoms with Crippen LogP contribution in [0.15, 0.2) is 6.20 Å². The number of rotatable bonds is 5. The summed E-state index contributed by atoms with van der Waals surface area (Å²) in [5.41, 5.74) is 1.16. The van der Waals surface area contributed by atoms with Crippen LogP contribution in [0.5, 0.6) is 0 Å². The Bertz CT molecular complexity index is 361. The van der Waals surface area contributed by atoms with Crippen LogP contribution in [0, 0.1) is 0 Å². The van der Waals surface area contributed by atoms with E-state index >= 15 is 0 Å². The average Bonchev–Trinajstić information content (AvgIpc) is 2.95. The monoisotopic (exact) mass is 273 g/mol. The summed E-state index contributed by atoms with van der Waals surface area (Å²) in [6.45, 7) is 6.10. The predicted octanol–water partition coefficient (Wildman–Crippen LogP) is 3.10. The van der Waals surface area contributed by atoms with Crippen molar-refractivity contribution in [2.75, 3.05) is 12.3 Å². The molecular formula is C12H20ClN3S. The number of aromatic nitrogens is 2. The fraction of sp³-hybridized carbons (Fsp3) is 0.750. The molecule has 0 aromatic carbocycles. The van der Waals surface area contributed by atoms with E-state index in [1.165, 1.54) is 18.6 Å². The van der Waals surface area contributed by atoms with Crippen molar-refractivity contribution in [1.82, 2.24) is 15.1 Å². The van der Waals surface area contributed by atoms with Crippen LogP contribution in [0.3, 0.4) is 0 Å². The van der Waals surface area contributed by atoms with E-state index in [1.54, 1.807) is 6.20 Å². The molecule has 2 unspecified atom stereocenters. The van der Waals surface area contributed by atoms with E-state index < -0.39 is 0 Å². The van der Waals surface area contributed by atoms with Gasteiger partial charge in [0.1, 0.15) is 0 Å². The lowest BCUT2D eigenvalue weighted by atomic mass is 10.1. The maximum Gasteiger partial charge on any atom is 0.0834 e. The van der Waals surface area contributed by atoms with Crippen molar-refractivity contribution in [2.45, 2.75) is 44.5 Å². The Morgan fingerprint density at radius 3 is 3.06 bits per heavy atom. The van der Waals surface area contributed by atoms with Crippen LogP contribution in [0.2, 0.25) is 5.02 Å². The lowest BCUT2D eigenvalue weighted by molar-refractivity contribution is 0.471. The molecule has 96 valence electrons. The third kappa shape index (κ3) is 2.80. The van der Waals surface area contributed by atoms with Gasteiger partial charge in [0.2, 0.25) is 0 Å². The molecule has 2 atom stereocenters. The molecule has 3 nitrogen and oxygen atoms in total. The van der Waals surface area contributed by atoms with Gasteiger partial charge in [-0.2, -0.15) is 16.9 Å². The second-order valence-electron chi connectivity index (χ2n) is 4.28. The van der Waals surface area contributed by atoms with Gasteiger partial charge in [0.15, 0.2) is 0 Å². The van der Waals surface area contributed by atoms with Gasteiger partial charge in [-0.3, -0.25) is 4.68 Å². The third-order valence-corrected chi connectivity index (χ3v) is 4.94. The van der Waals surface area contributed by atoms with E-state index in [-0.39, 0.29) is 0 Å². The summed E-state index contributed by atoms with van der Waals surface area (Å²) in [4.78, 5) is 0. The third-order valence-electron chi connectivity index (χ3n) is 3.19.